The average Bonchev–Trinajstić information content (AvgIpc) is 2.83. The Kier molecular flexibility index (Phi) is 5.09. The van der Waals surface area contributed by atoms with Gasteiger partial charge in [0.2, 0.25) is 10.0 Å². The molecule has 2 heterocycles. The molecule has 1 saturated heterocycles. The molecule has 2 N–H and O–H groups in total. The third-order valence-electron chi connectivity index (χ3n) is 3.59. The van der Waals surface area contributed by atoms with E-state index in [2.05, 4.69) is 20.7 Å². The molecule has 21 heavy (non-hydrogen) atoms. The van der Waals surface area contributed by atoms with Gasteiger partial charge in [0.15, 0.2) is 0 Å². The Morgan fingerprint density at radius 2 is 2.24 bits per heavy atom. The number of carbonyl (C=O) groups is 1. The Morgan fingerprint density at radius 1 is 1.57 bits per heavy atom. The highest BCUT2D eigenvalue weighted by molar-refractivity contribution is 9.11. The van der Waals surface area contributed by atoms with Gasteiger partial charge in [-0.1, -0.05) is 6.92 Å². The first kappa shape index (κ1) is 16.9. The van der Waals surface area contributed by atoms with Gasteiger partial charge in [0, 0.05) is 19.1 Å². The molecule has 1 aromatic rings. The van der Waals surface area contributed by atoms with Crippen LogP contribution in [0.1, 0.15) is 23.0 Å². The number of nitrogens with zero attached hydrogens (tertiary/aromatic N) is 1. The van der Waals surface area contributed by atoms with E-state index in [0.717, 1.165) is 11.3 Å². The first-order chi connectivity index (χ1) is 9.77. The fourth-order valence-corrected chi connectivity index (χ4v) is 6.20. The SMILES string of the molecule is COC(=O)c1cc(S(=O)(=O)N2CCC(N)C(C)C2)c(Br)s1. The topological polar surface area (TPSA) is 89.7 Å². The molecule has 1 aliphatic rings. The van der Waals surface area contributed by atoms with Gasteiger partial charge < -0.3 is 10.5 Å². The molecule has 0 aliphatic carbocycles. The monoisotopic (exact) mass is 396 g/mol. The Balaban J connectivity index is 2.32. The number of hydrogen-bond donors (Lipinski definition) is 1. The van der Waals surface area contributed by atoms with Crippen LogP contribution in [0.2, 0.25) is 0 Å². The van der Waals surface area contributed by atoms with Gasteiger partial charge in [0.05, 0.1) is 10.9 Å². The maximum absolute atomic E-state index is 12.7. The molecule has 0 amide bonds. The Morgan fingerprint density at radius 3 is 2.81 bits per heavy atom. The van der Waals surface area contributed by atoms with E-state index in [9.17, 15) is 13.2 Å². The molecule has 2 unspecified atom stereocenters. The first-order valence-corrected chi connectivity index (χ1v) is 9.45. The summed E-state index contributed by atoms with van der Waals surface area (Å²) < 4.78 is 31.8. The summed E-state index contributed by atoms with van der Waals surface area (Å²) in [7, 11) is -2.37. The van der Waals surface area contributed by atoms with Crippen LogP contribution in [0.4, 0.5) is 0 Å². The second kappa shape index (κ2) is 6.33. The molecule has 2 atom stereocenters. The van der Waals surface area contributed by atoms with Crippen molar-refractivity contribution in [3.05, 3.63) is 14.7 Å². The number of thiophene rings is 1. The summed E-state index contributed by atoms with van der Waals surface area (Å²) in [5.74, 6) is -0.442. The molecule has 6 nitrogen and oxygen atoms in total. The lowest BCUT2D eigenvalue weighted by molar-refractivity contribution is 0.0606. The van der Waals surface area contributed by atoms with Crippen molar-refractivity contribution in [2.75, 3.05) is 20.2 Å². The normalized spacial score (nSPS) is 24.0. The van der Waals surface area contributed by atoms with Crippen molar-refractivity contribution in [2.45, 2.75) is 24.3 Å². The molecule has 1 aromatic heterocycles. The van der Waals surface area contributed by atoms with Gasteiger partial charge in [0.1, 0.15) is 9.77 Å². The van der Waals surface area contributed by atoms with E-state index in [1.165, 1.54) is 17.5 Å². The number of esters is 1. The largest absolute Gasteiger partial charge is 0.465 e. The number of methoxy groups -OCH3 is 1. The molecule has 0 aromatic carbocycles. The van der Waals surface area contributed by atoms with E-state index in [0.29, 0.717) is 23.3 Å². The van der Waals surface area contributed by atoms with Crippen LogP contribution in [-0.2, 0) is 14.8 Å². The fraction of sp³-hybridized carbons (Fsp3) is 0.583. The summed E-state index contributed by atoms with van der Waals surface area (Å²) in [4.78, 5) is 11.9. The van der Waals surface area contributed by atoms with Gasteiger partial charge in [-0.15, -0.1) is 11.3 Å². The third-order valence-corrected chi connectivity index (χ3v) is 7.69. The Bertz CT molecular complexity index is 644. The predicted octanol–water partition coefficient (Wildman–Crippen LogP) is 1.66. The zero-order chi connectivity index (χ0) is 15.8. The molecule has 1 fully saturated rings. The second-order valence-electron chi connectivity index (χ2n) is 5.03. The minimum atomic E-state index is -3.64. The van der Waals surface area contributed by atoms with Crippen molar-refractivity contribution in [2.24, 2.45) is 11.7 Å². The van der Waals surface area contributed by atoms with Gasteiger partial charge in [-0.05, 0) is 34.3 Å². The van der Waals surface area contributed by atoms with Crippen molar-refractivity contribution in [1.29, 1.82) is 0 Å². The standard InChI is InChI=1S/C12H17BrN2O4S2/c1-7-6-15(4-3-8(7)14)21(17,18)10-5-9(12(16)19-2)20-11(10)13/h5,7-8H,3-4,6,14H2,1-2H3. The lowest BCUT2D eigenvalue weighted by atomic mass is 9.96. The van der Waals surface area contributed by atoms with E-state index < -0.39 is 16.0 Å². The highest BCUT2D eigenvalue weighted by Crippen LogP contribution is 2.35. The van der Waals surface area contributed by atoms with Crippen LogP contribution in [0.3, 0.4) is 0 Å². The average molecular weight is 397 g/mol. The minimum Gasteiger partial charge on any atom is -0.465 e. The molecular weight excluding hydrogens is 380 g/mol. The molecule has 118 valence electrons. The maximum Gasteiger partial charge on any atom is 0.348 e. The van der Waals surface area contributed by atoms with Gasteiger partial charge in [-0.3, -0.25) is 0 Å². The number of piperidine rings is 1. The van der Waals surface area contributed by atoms with Crippen molar-refractivity contribution < 1.29 is 17.9 Å². The van der Waals surface area contributed by atoms with Crippen molar-refractivity contribution in [3.63, 3.8) is 0 Å². The minimum absolute atomic E-state index is 0.0213. The van der Waals surface area contributed by atoms with Gasteiger partial charge in [-0.2, -0.15) is 4.31 Å². The smallest absolute Gasteiger partial charge is 0.348 e. The zero-order valence-corrected chi connectivity index (χ0v) is 14.9. The highest BCUT2D eigenvalue weighted by Gasteiger charge is 2.34. The van der Waals surface area contributed by atoms with E-state index in [4.69, 9.17) is 5.73 Å². The Hall–Kier alpha value is -0.480. The van der Waals surface area contributed by atoms with Gasteiger partial charge in [-0.25, -0.2) is 13.2 Å². The summed E-state index contributed by atoms with van der Waals surface area (Å²) in [6.07, 6.45) is 0.631. The third kappa shape index (κ3) is 3.31. The molecule has 0 spiro atoms. The Labute approximate surface area is 136 Å². The number of rotatable bonds is 3. The molecule has 9 heteroatoms. The van der Waals surface area contributed by atoms with E-state index >= 15 is 0 Å². The summed E-state index contributed by atoms with van der Waals surface area (Å²) >= 11 is 4.28. The fourth-order valence-electron chi connectivity index (χ4n) is 2.21. The van der Waals surface area contributed by atoms with Crippen LogP contribution in [0.25, 0.3) is 0 Å². The molecule has 0 radical (unpaired) electrons. The van der Waals surface area contributed by atoms with Crippen LogP contribution in [0.5, 0.6) is 0 Å². The molecular formula is C12H17BrN2O4S2. The number of nitrogens with two attached hydrogens (primary N) is 1. The molecule has 1 aliphatic heterocycles. The number of carbonyl (C=O) groups excluding carboxylic acids is 1. The van der Waals surface area contributed by atoms with E-state index in [-0.39, 0.29) is 21.7 Å². The predicted molar refractivity (Wildman–Crippen MR) is 83.9 cm³/mol. The quantitative estimate of drug-likeness (QED) is 0.784. The van der Waals surface area contributed by atoms with Crippen LogP contribution in [-0.4, -0.2) is 44.9 Å². The van der Waals surface area contributed by atoms with E-state index in [1.807, 2.05) is 6.92 Å². The van der Waals surface area contributed by atoms with Crippen molar-refractivity contribution in [3.8, 4) is 0 Å². The summed E-state index contributed by atoms with van der Waals surface area (Å²) in [5.41, 5.74) is 5.92. The van der Waals surface area contributed by atoms with Gasteiger partial charge in [0.25, 0.3) is 0 Å². The number of ether oxygens (including phenoxy) is 1. The molecule has 0 bridgehead atoms. The van der Waals surface area contributed by atoms with Crippen LogP contribution >= 0.6 is 27.3 Å². The van der Waals surface area contributed by atoms with E-state index in [1.54, 1.807) is 0 Å². The van der Waals surface area contributed by atoms with Crippen molar-refractivity contribution >= 4 is 43.3 Å². The lowest BCUT2D eigenvalue weighted by Gasteiger charge is -2.34. The highest BCUT2D eigenvalue weighted by atomic mass is 79.9. The lowest BCUT2D eigenvalue weighted by Crippen LogP contribution is -2.48. The molecule has 0 saturated carbocycles. The first-order valence-electron chi connectivity index (χ1n) is 6.40. The van der Waals surface area contributed by atoms with Crippen LogP contribution in [0, 0.1) is 5.92 Å². The maximum atomic E-state index is 12.7. The van der Waals surface area contributed by atoms with Crippen molar-refractivity contribution in [1.82, 2.24) is 4.31 Å². The summed E-state index contributed by atoms with van der Waals surface area (Å²) in [6, 6.07) is 1.38. The second-order valence-corrected chi connectivity index (χ2v) is 9.31. The van der Waals surface area contributed by atoms with Crippen LogP contribution < -0.4 is 5.73 Å². The summed E-state index contributed by atoms with van der Waals surface area (Å²) in [5, 5.41) is 0. The molecule has 2 rings (SSSR count). The summed E-state index contributed by atoms with van der Waals surface area (Å²) in [6.45, 7) is 2.72. The number of sulfonamides is 1. The zero-order valence-electron chi connectivity index (χ0n) is 11.7. The van der Waals surface area contributed by atoms with Gasteiger partial charge >= 0.3 is 5.97 Å². The number of hydrogen-bond acceptors (Lipinski definition) is 6. The number of halogens is 1. The van der Waals surface area contributed by atoms with Crippen LogP contribution in [0.15, 0.2) is 14.7 Å².